The summed E-state index contributed by atoms with van der Waals surface area (Å²) in [6, 6.07) is 0. The minimum atomic E-state index is 0.722. The molecular formula is C9H17N3. The number of rotatable bonds is 4. The molecule has 0 spiro atoms. The molecule has 0 saturated carbocycles. The second-order valence-corrected chi connectivity index (χ2v) is 3.18. The van der Waals surface area contributed by atoms with Gasteiger partial charge in [-0.15, -0.1) is 0 Å². The lowest BCUT2D eigenvalue weighted by Crippen LogP contribution is -2.28. The van der Waals surface area contributed by atoms with Gasteiger partial charge in [-0.05, 0) is 19.5 Å². The summed E-state index contributed by atoms with van der Waals surface area (Å²) in [4.78, 5) is 6.52. The van der Waals surface area contributed by atoms with Crippen LogP contribution in [0.25, 0.3) is 0 Å². The average molecular weight is 167 g/mol. The molecule has 0 amide bonds. The van der Waals surface area contributed by atoms with Crippen LogP contribution in [0.3, 0.4) is 0 Å². The molecule has 1 aliphatic rings. The number of aliphatic imine (C=N–C) groups is 1. The van der Waals surface area contributed by atoms with Crippen LogP contribution in [0.15, 0.2) is 16.6 Å². The Hall–Kier alpha value is -0.670. The van der Waals surface area contributed by atoms with Crippen LogP contribution in [0, 0.1) is 0 Å². The van der Waals surface area contributed by atoms with Crippen molar-refractivity contribution in [3.63, 3.8) is 0 Å². The topological polar surface area (TPSA) is 41.6 Å². The van der Waals surface area contributed by atoms with Crippen molar-refractivity contribution in [2.45, 2.75) is 6.92 Å². The Morgan fingerprint density at radius 2 is 2.42 bits per heavy atom. The molecular weight excluding hydrogens is 150 g/mol. The monoisotopic (exact) mass is 167 g/mol. The smallest absolute Gasteiger partial charge is 0.0580 e. The van der Waals surface area contributed by atoms with E-state index >= 15 is 0 Å². The molecule has 3 nitrogen and oxygen atoms in total. The van der Waals surface area contributed by atoms with Gasteiger partial charge in [0.2, 0.25) is 0 Å². The first kappa shape index (κ1) is 9.42. The molecule has 0 aromatic heterocycles. The Bertz CT molecular complexity index is 206. The van der Waals surface area contributed by atoms with Crippen molar-refractivity contribution in [3.8, 4) is 0 Å². The molecule has 3 heteroatoms. The van der Waals surface area contributed by atoms with Crippen molar-refractivity contribution >= 4 is 5.71 Å². The van der Waals surface area contributed by atoms with E-state index in [1.165, 1.54) is 11.3 Å². The zero-order valence-corrected chi connectivity index (χ0v) is 7.88. The van der Waals surface area contributed by atoms with Crippen LogP contribution in [0.4, 0.5) is 0 Å². The zero-order chi connectivity index (χ0) is 8.97. The first-order valence-corrected chi connectivity index (χ1v) is 4.33. The van der Waals surface area contributed by atoms with E-state index in [-0.39, 0.29) is 0 Å². The fourth-order valence-corrected chi connectivity index (χ4v) is 1.31. The van der Waals surface area contributed by atoms with Gasteiger partial charge < -0.3 is 10.6 Å². The number of hydrogen-bond acceptors (Lipinski definition) is 3. The van der Waals surface area contributed by atoms with E-state index in [4.69, 9.17) is 5.73 Å². The van der Waals surface area contributed by atoms with Crippen LogP contribution in [-0.4, -0.2) is 43.8 Å². The minimum Gasteiger partial charge on any atom is -0.329 e. The van der Waals surface area contributed by atoms with Crippen molar-refractivity contribution in [2.24, 2.45) is 10.7 Å². The molecule has 2 N–H and O–H groups in total. The van der Waals surface area contributed by atoms with E-state index in [0.29, 0.717) is 0 Å². The van der Waals surface area contributed by atoms with Crippen molar-refractivity contribution in [1.82, 2.24) is 4.90 Å². The largest absolute Gasteiger partial charge is 0.329 e. The van der Waals surface area contributed by atoms with Crippen LogP contribution >= 0.6 is 0 Å². The van der Waals surface area contributed by atoms with E-state index in [1.54, 1.807) is 0 Å². The van der Waals surface area contributed by atoms with E-state index < -0.39 is 0 Å². The molecule has 0 saturated heterocycles. The Balaban J connectivity index is 2.36. The lowest BCUT2D eigenvalue weighted by Gasteiger charge is -2.15. The highest BCUT2D eigenvalue weighted by Crippen LogP contribution is 2.06. The minimum absolute atomic E-state index is 0.722. The van der Waals surface area contributed by atoms with Crippen LogP contribution in [0.5, 0.6) is 0 Å². The van der Waals surface area contributed by atoms with Gasteiger partial charge in [-0.1, -0.05) is 6.08 Å². The van der Waals surface area contributed by atoms with Gasteiger partial charge in [0.25, 0.3) is 0 Å². The Kier molecular flexibility index (Phi) is 3.44. The van der Waals surface area contributed by atoms with Crippen molar-refractivity contribution in [1.29, 1.82) is 0 Å². The fraction of sp³-hybridized carbons (Fsp3) is 0.667. The number of nitrogens with zero attached hydrogens (tertiary/aromatic N) is 2. The van der Waals surface area contributed by atoms with Crippen LogP contribution in [-0.2, 0) is 0 Å². The van der Waals surface area contributed by atoms with E-state index in [0.717, 1.165) is 26.2 Å². The number of hydrogen-bond donors (Lipinski definition) is 1. The third kappa shape index (κ3) is 2.43. The lowest BCUT2D eigenvalue weighted by atomic mass is 10.2. The molecule has 1 aliphatic heterocycles. The number of nitrogens with two attached hydrogens (primary N) is 1. The summed E-state index contributed by atoms with van der Waals surface area (Å²) in [6.45, 7) is 5.57. The highest BCUT2D eigenvalue weighted by atomic mass is 15.1. The first-order chi connectivity index (χ1) is 5.74. The summed E-state index contributed by atoms with van der Waals surface area (Å²) in [5, 5.41) is 0. The SMILES string of the molecule is CC1=NCC=C1CN(C)CCN. The molecule has 0 fully saturated rings. The van der Waals surface area contributed by atoms with Gasteiger partial charge in [0.05, 0.1) is 6.54 Å². The normalized spacial score (nSPS) is 16.7. The summed E-state index contributed by atoms with van der Waals surface area (Å²) in [5.41, 5.74) is 7.98. The Morgan fingerprint density at radius 3 is 2.92 bits per heavy atom. The summed E-state index contributed by atoms with van der Waals surface area (Å²) in [7, 11) is 2.08. The first-order valence-electron chi connectivity index (χ1n) is 4.33. The molecule has 68 valence electrons. The fourth-order valence-electron chi connectivity index (χ4n) is 1.31. The molecule has 0 atom stereocenters. The van der Waals surface area contributed by atoms with E-state index in [2.05, 4.69) is 29.9 Å². The lowest BCUT2D eigenvalue weighted by molar-refractivity contribution is 0.377. The quantitative estimate of drug-likeness (QED) is 0.653. The van der Waals surface area contributed by atoms with Crippen molar-refractivity contribution in [2.75, 3.05) is 33.2 Å². The zero-order valence-electron chi connectivity index (χ0n) is 7.88. The second kappa shape index (κ2) is 4.38. The summed E-state index contributed by atoms with van der Waals surface area (Å²) in [5.74, 6) is 0. The summed E-state index contributed by atoms with van der Waals surface area (Å²) in [6.07, 6.45) is 2.18. The highest BCUT2D eigenvalue weighted by molar-refractivity contribution is 6.00. The van der Waals surface area contributed by atoms with Crippen LogP contribution < -0.4 is 5.73 Å². The molecule has 1 rings (SSSR count). The second-order valence-electron chi connectivity index (χ2n) is 3.18. The molecule has 0 aromatic carbocycles. The molecule has 0 bridgehead atoms. The van der Waals surface area contributed by atoms with Crippen molar-refractivity contribution < 1.29 is 0 Å². The molecule has 0 unspecified atom stereocenters. The third-order valence-corrected chi connectivity index (χ3v) is 2.08. The predicted molar refractivity (Wildman–Crippen MR) is 52.6 cm³/mol. The van der Waals surface area contributed by atoms with Crippen molar-refractivity contribution in [3.05, 3.63) is 11.6 Å². The van der Waals surface area contributed by atoms with Gasteiger partial charge in [-0.25, -0.2) is 0 Å². The van der Waals surface area contributed by atoms with Gasteiger partial charge in [-0.3, -0.25) is 4.99 Å². The van der Waals surface area contributed by atoms with Crippen LogP contribution in [0.2, 0.25) is 0 Å². The van der Waals surface area contributed by atoms with E-state index in [1.807, 2.05) is 0 Å². The standard InChI is InChI=1S/C9H17N3/c1-8-9(3-5-11-8)7-12(2)6-4-10/h3H,4-7,10H2,1-2H3. The number of likely N-dealkylation sites (N-methyl/N-ethyl adjacent to an activating group) is 1. The maximum absolute atomic E-state index is 5.45. The summed E-state index contributed by atoms with van der Waals surface area (Å²) >= 11 is 0. The van der Waals surface area contributed by atoms with Gasteiger partial charge in [0.1, 0.15) is 0 Å². The highest BCUT2D eigenvalue weighted by Gasteiger charge is 2.08. The predicted octanol–water partition coefficient (Wildman–Crippen LogP) is 0.278. The molecule has 0 aromatic rings. The molecule has 0 aliphatic carbocycles. The molecule has 0 radical (unpaired) electrons. The Labute approximate surface area is 74.0 Å². The average Bonchev–Trinajstić information content (AvgIpc) is 2.37. The van der Waals surface area contributed by atoms with E-state index in [9.17, 15) is 0 Å². The maximum atomic E-state index is 5.45. The third-order valence-electron chi connectivity index (χ3n) is 2.08. The van der Waals surface area contributed by atoms with Gasteiger partial charge >= 0.3 is 0 Å². The van der Waals surface area contributed by atoms with Gasteiger partial charge in [0, 0.05) is 25.3 Å². The molecule has 1 heterocycles. The van der Waals surface area contributed by atoms with Gasteiger partial charge in [0.15, 0.2) is 0 Å². The Morgan fingerprint density at radius 1 is 1.67 bits per heavy atom. The van der Waals surface area contributed by atoms with Crippen LogP contribution in [0.1, 0.15) is 6.92 Å². The molecule has 12 heavy (non-hydrogen) atoms. The van der Waals surface area contributed by atoms with Gasteiger partial charge in [-0.2, -0.15) is 0 Å². The maximum Gasteiger partial charge on any atom is 0.0580 e. The summed E-state index contributed by atoms with van der Waals surface area (Å²) < 4.78 is 0.